The molecule has 0 unspecified atom stereocenters. The molecule has 1 aliphatic carbocycles. The van der Waals surface area contributed by atoms with E-state index in [4.69, 9.17) is 4.98 Å². The first-order valence-corrected chi connectivity index (χ1v) is 9.71. The minimum Gasteiger partial charge on any atom is -0.298 e. The first kappa shape index (κ1) is 15.0. The number of halogens is 1. The Hall–Kier alpha value is -2.25. The van der Waals surface area contributed by atoms with E-state index >= 15 is 0 Å². The molecular formula is C20H11IN2OS. The summed E-state index contributed by atoms with van der Waals surface area (Å²) in [5.74, 6) is -0.121. The van der Waals surface area contributed by atoms with Gasteiger partial charge in [0.1, 0.15) is 0 Å². The minimum absolute atomic E-state index is 0.121. The van der Waals surface area contributed by atoms with Crippen molar-refractivity contribution in [2.45, 2.75) is 0 Å². The average Bonchev–Trinajstić information content (AvgIpc) is 3.15. The summed E-state index contributed by atoms with van der Waals surface area (Å²) in [7, 11) is 0. The number of amides is 1. The molecule has 0 fully saturated rings. The first-order chi connectivity index (χ1) is 12.2. The number of benzene rings is 3. The fourth-order valence-corrected chi connectivity index (χ4v) is 4.91. The number of fused-ring (bicyclic) bond motifs is 3. The van der Waals surface area contributed by atoms with E-state index in [0.29, 0.717) is 10.7 Å². The van der Waals surface area contributed by atoms with Gasteiger partial charge in [-0.25, -0.2) is 4.98 Å². The van der Waals surface area contributed by atoms with E-state index in [0.717, 1.165) is 19.7 Å². The molecule has 5 rings (SSSR count). The summed E-state index contributed by atoms with van der Waals surface area (Å²) >= 11 is 3.71. The van der Waals surface area contributed by atoms with Gasteiger partial charge in [-0.15, -0.1) is 0 Å². The largest absolute Gasteiger partial charge is 0.298 e. The SMILES string of the molecule is O=C(Nc1nc2c(s1)-c1cccc3cccc-2c13)c1ccccc1I. The lowest BCUT2D eigenvalue weighted by atomic mass is 10.0. The quantitative estimate of drug-likeness (QED) is 0.343. The molecule has 0 atom stereocenters. The minimum atomic E-state index is -0.121. The van der Waals surface area contributed by atoms with Gasteiger partial charge >= 0.3 is 0 Å². The second-order valence-electron chi connectivity index (χ2n) is 5.84. The van der Waals surface area contributed by atoms with Crippen LogP contribution in [0.15, 0.2) is 60.7 Å². The van der Waals surface area contributed by atoms with E-state index in [2.05, 4.69) is 64.3 Å². The normalized spacial score (nSPS) is 11.6. The molecule has 0 aliphatic heterocycles. The molecule has 0 bridgehead atoms. The fourth-order valence-electron chi connectivity index (χ4n) is 3.28. The molecule has 0 saturated heterocycles. The molecule has 120 valence electrons. The number of hydrogen-bond acceptors (Lipinski definition) is 3. The maximum Gasteiger partial charge on any atom is 0.258 e. The van der Waals surface area contributed by atoms with E-state index in [1.165, 1.54) is 27.7 Å². The highest BCUT2D eigenvalue weighted by atomic mass is 127. The van der Waals surface area contributed by atoms with Crippen molar-refractivity contribution >= 4 is 55.7 Å². The Morgan fingerprint density at radius 3 is 2.52 bits per heavy atom. The van der Waals surface area contributed by atoms with Gasteiger partial charge in [-0.2, -0.15) is 0 Å². The number of nitrogens with zero attached hydrogens (tertiary/aromatic N) is 1. The van der Waals surface area contributed by atoms with Crippen molar-refractivity contribution in [2.75, 3.05) is 5.32 Å². The first-order valence-electron chi connectivity index (χ1n) is 7.81. The van der Waals surface area contributed by atoms with Crippen molar-refractivity contribution in [3.05, 3.63) is 69.8 Å². The van der Waals surface area contributed by atoms with Crippen LogP contribution in [0, 0.1) is 3.57 Å². The van der Waals surface area contributed by atoms with Crippen LogP contribution in [0.25, 0.3) is 32.5 Å². The number of thiazole rings is 1. The maximum atomic E-state index is 12.5. The lowest BCUT2D eigenvalue weighted by molar-refractivity contribution is 0.102. The second-order valence-corrected chi connectivity index (χ2v) is 8.00. The summed E-state index contributed by atoms with van der Waals surface area (Å²) in [5.41, 5.74) is 3.99. The van der Waals surface area contributed by atoms with Crippen LogP contribution in [0.2, 0.25) is 0 Å². The molecule has 5 heteroatoms. The number of aromatic nitrogens is 1. The Kier molecular flexibility index (Phi) is 3.39. The number of carbonyl (C=O) groups excluding carboxylic acids is 1. The Morgan fingerprint density at radius 2 is 1.72 bits per heavy atom. The molecule has 0 saturated carbocycles. The maximum absolute atomic E-state index is 12.5. The highest BCUT2D eigenvalue weighted by molar-refractivity contribution is 14.1. The van der Waals surface area contributed by atoms with Gasteiger partial charge in [-0.1, -0.05) is 59.9 Å². The third-order valence-electron chi connectivity index (χ3n) is 4.37. The van der Waals surface area contributed by atoms with Crippen molar-refractivity contribution in [2.24, 2.45) is 0 Å². The van der Waals surface area contributed by atoms with Crippen molar-refractivity contribution in [3.63, 3.8) is 0 Å². The zero-order chi connectivity index (χ0) is 17.0. The Labute approximate surface area is 161 Å². The smallest absolute Gasteiger partial charge is 0.258 e. The summed E-state index contributed by atoms with van der Waals surface area (Å²) < 4.78 is 0.928. The van der Waals surface area contributed by atoms with Crippen molar-refractivity contribution < 1.29 is 4.79 Å². The predicted molar refractivity (Wildman–Crippen MR) is 111 cm³/mol. The topological polar surface area (TPSA) is 42.0 Å². The summed E-state index contributed by atoms with van der Waals surface area (Å²) in [6.45, 7) is 0. The third-order valence-corrected chi connectivity index (χ3v) is 6.32. The Bertz CT molecular complexity index is 1110. The second kappa shape index (κ2) is 5.64. The van der Waals surface area contributed by atoms with Crippen LogP contribution >= 0.6 is 33.9 Å². The van der Waals surface area contributed by atoms with E-state index in [9.17, 15) is 4.79 Å². The molecule has 1 aliphatic rings. The summed E-state index contributed by atoms with van der Waals surface area (Å²) in [6.07, 6.45) is 0. The molecule has 0 spiro atoms. The molecule has 1 heterocycles. The summed E-state index contributed by atoms with van der Waals surface area (Å²) in [5, 5.41) is 6.08. The van der Waals surface area contributed by atoms with E-state index in [1.807, 2.05) is 24.3 Å². The Morgan fingerprint density at radius 1 is 0.960 bits per heavy atom. The van der Waals surface area contributed by atoms with E-state index < -0.39 is 0 Å². The van der Waals surface area contributed by atoms with Crippen molar-refractivity contribution in [1.29, 1.82) is 0 Å². The lowest BCUT2D eigenvalue weighted by Gasteiger charge is -2.04. The van der Waals surface area contributed by atoms with Gasteiger partial charge in [0.05, 0.1) is 16.1 Å². The number of anilines is 1. The van der Waals surface area contributed by atoms with E-state index in [-0.39, 0.29) is 5.91 Å². The molecular weight excluding hydrogens is 443 g/mol. The fraction of sp³-hybridized carbons (Fsp3) is 0. The Balaban J connectivity index is 1.56. The lowest BCUT2D eigenvalue weighted by Crippen LogP contribution is -2.13. The molecule has 25 heavy (non-hydrogen) atoms. The molecule has 1 aromatic heterocycles. The van der Waals surface area contributed by atoms with Crippen LogP contribution in [0.4, 0.5) is 5.13 Å². The molecule has 1 amide bonds. The average molecular weight is 454 g/mol. The van der Waals surface area contributed by atoms with Crippen LogP contribution in [0.1, 0.15) is 10.4 Å². The van der Waals surface area contributed by atoms with Crippen LogP contribution in [-0.4, -0.2) is 10.9 Å². The van der Waals surface area contributed by atoms with Gasteiger partial charge in [0.2, 0.25) is 0 Å². The van der Waals surface area contributed by atoms with Crippen molar-refractivity contribution in [1.82, 2.24) is 4.98 Å². The predicted octanol–water partition coefficient (Wildman–Crippen LogP) is 5.80. The zero-order valence-corrected chi connectivity index (χ0v) is 15.9. The molecule has 3 aromatic carbocycles. The summed E-state index contributed by atoms with van der Waals surface area (Å²) in [6, 6.07) is 20.1. The third kappa shape index (κ3) is 2.30. The summed E-state index contributed by atoms with van der Waals surface area (Å²) in [4.78, 5) is 18.4. The van der Waals surface area contributed by atoms with Crippen LogP contribution in [0.3, 0.4) is 0 Å². The van der Waals surface area contributed by atoms with Gasteiger partial charge < -0.3 is 0 Å². The van der Waals surface area contributed by atoms with Gasteiger partial charge in [0, 0.05) is 14.7 Å². The molecule has 4 aromatic rings. The van der Waals surface area contributed by atoms with Crippen LogP contribution in [-0.2, 0) is 0 Å². The standard InChI is InChI=1S/C20H11IN2OS/c21-15-10-2-1-7-12(15)19(24)23-20-22-17-13-8-3-5-11-6-4-9-14(16(11)13)18(17)25-20/h1-10H,(H,22,23,24). The van der Waals surface area contributed by atoms with Crippen LogP contribution < -0.4 is 5.32 Å². The number of nitrogens with one attached hydrogen (secondary N) is 1. The number of hydrogen-bond donors (Lipinski definition) is 1. The molecule has 1 N–H and O–H groups in total. The van der Waals surface area contributed by atoms with Crippen molar-refractivity contribution in [3.8, 4) is 21.7 Å². The van der Waals surface area contributed by atoms with E-state index in [1.54, 1.807) is 0 Å². The number of rotatable bonds is 2. The van der Waals surface area contributed by atoms with Gasteiger partial charge in [-0.05, 0) is 45.5 Å². The zero-order valence-electron chi connectivity index (χ0n) is 12.9. The molecule has 3 nitrogen and oxygen atoms in total. The number of carbonyl (C=O) groups is 1. The molecule has 0 radical (unpaired) electrons. The highest BCUT2D eigenvalue weighted by Gasteiger charge is 2.26. The van der Waals surface area contributed by atoms with Crippen LogP contribution in [0.5, 0.6) is 0 Å². The highest BCUT2D eigenvalue weighted by Crippen LogP contribution is 2.50. The van der Waals surface area contributed by atoms with Gasteiger partial charge in [0.15, 0.2) is 5.13 Å². The van der Waals surface area contributed by atoms with Gasteiger partial charge in [0.25, 0.3) is 5.91 Å². The monoisotopic (exact) mass is 454 g/mol. The van der Waals surface area contributed by atoms with Gasteiger partial charge in [-0.3, -0.25) is 10.1 Å².